The van der Waals surface area contributed by atoms with Crippen LogP contribution in [0.15, 0.2) is 18.3 Å². The lowest BCUT2D eigenvalue weighted by atomic mass is 9.90. The van der Waals surface area contributed by atoms with Crippen molar-refractivity contribution in [2.75, 3.05) is 6.54 Å². The highest BCUT2D eigenvalue weighted by Gasteiger charge is 2.17. The largest absolute Gasteiger partial charge is 0.350 e. The summed E-state index contributed by atoms with van der Waals surface area (Å²) in [5.41, 5.74) is 0.430. The van der Waals surface area contributed by atoms with E-state index in [1.54, 1.807) is 0 Å². The minimum Gasteiger partial charge on any atom is -0.350 e. The van der Waals surface area contributed by atoms with Crippen molar-refractivity contribution in [3.63, 3.8) is 0 Å². The molecule has 5 heteroatoms. The fourth-order valence-corrected chi connectivity index (χ4v) is 2.67. The molecular formula is C13H18BrFN2O. The molecule has 1 N–H and O–H groups in total. The van der Waals surface area contributed by atoms with Crippen LogP contribution < -0.4 is 5.32 Å². The molecule has 3 nitrogen and oxygen atoms in total. The van der Waals surface area contributed by atoms with Crippen molar-refractivity contribution in [2.24, 2.45) is 5.41 Å². The van der Waals surface area contributed by atoms with Gasteiger partial charge in [0.25, 0.3) is 5.91 Å². The first-order valence-electron chi connectivity index (χ1n) is 5.82. The third kappa shape index (κ3) is 5.58. The van der Waals surface area contributed by atoms with Gasteiger partial charge in [-0.2, -0.15) is 0 Å². The fourth-order valence-electron chi connectivity index (χ4n) is 1.54. The summed E-state index contributed by atoms with van der Waals surface area (Å²) in [5.74, 6) is -0.731. The molecule has 0 radical (unpaired) electrons. The Morgan fingerprint density at radius 1 is 1.50 bits per heavy atom. The van der Waals surface area contributed by atoms with Crippen LogP contribution in [0.25, 0.3) is 0 Å². The van der Waals surface area contributed by atoms with Crippen LogP contribution in [0.2, 0.25) is 0 Å². The summed E-state index contributed by atoms with van der Waals surface area (Å²) in [5, 5.41) is 2.77. The standard InChI is InChI=1S/C13H18BrFN2O/c1-13(2,3)6-9(14)7-17-12(18)11-5-4-10(15)8-16-11/h4-5,8-9H,6-7H2,1-3H3,(H,17,18). The molecule has 1 rings (SSSR count). The van der Waals surface area contributed by atoms with Gasteiger partial charge in [0.05, 0.1) is 6.20 Å². The predicted octanol–water partition coefficient (Wildman–Crippen LogP) is 3.15. The average molecular weight is 317 g/mol. The average Bonchev–Trinajstić information content (AvgIpc) is 2.24. The van der Waals surface area contributed by atoms with Crippen LogP contribution in [-0.2, 0) is 0 Å². The molecule has 1 unspecified atom stereocenters. The van der Waals surface area contributed by atoms with Crippen molar-refractivity contribution in [1.82, 2.24) is 10.3 Å². The number of amides is 1. The van der Waals surface area contributed by atoms with E-state index >= 15 is 0 Å². The van der Waals surface area contributed by atoms with E-state index in [0.717, 1.165) is 12.6 Å². The molecule has 0 saturated carbocycles. The maximum Gasteiger partial charge on any atom is 0.269 e. The SMILES string of the molecule is CC(C)(C)CC(Br)CNC(=O)c1ccc(F)cn1. The number of pyridine rings is 1. The summed E-state index contributed by atoms with van der Waals surface area (Å²) >= 11 is 3.53. The van der Waals surface area contributed by atoms with E-state index in [4.69, 9.17) is 0 Å². The lowest BCUT2D eigenvalue weighted by Gasteiger charge is -2.22. The molecule has 100 valence electrons. The molecule has 1 atom stereocenters. The molecule has 0 aromatic carbocycles. The molecule has 0 bridgehead atoms. The zero-order valence-corrected chi connectivity index (χ0v) is 12.4. The zero-order chi connectivity index (χ0) is 13.8. The summed E-state index contributed by atoms with van der Waals surface area (Å²) in [7, 11) is 0. The Balaban J connectivity index is 2.44. The van der Waals surface area contributed by atoms with Crippen LogP contribution >= 0.6 is 15.9 Å². The second kappa shape index (κ2) is 6.27. The van der Waals surface area contributed by atoms with Gasteiger partial charge in [-0.1, -0.05) is 36.7 Å². The molecule has 1 aromatic rings. The van der Waals surface area contributed by atoms with E-state index in [1.165, 1.54) is 12.1 Å². The van der Waals surface area contributed by atoms with Crippen LogP contribution in [-0.4, -0.2) is 22.3 Å². The number of nitrogens with zero attached hydrogens (tertiary/aromatic N) is 1. The van der Waals surface area contributed by atoms with Crippen LogP contribution in [0.1, 0.15) is 37.7 Å². The first kappa shape index (κ1) is 15.1. The second-order valence-electron chi connectivity index (χ2n) is 5.43. The van der Waals surface area contributed by atoms with Gasteiger partial charge >= 0.3 is 0 Å². The summed E-state index contributed by atoms with van der Waals surface area (Å²) in [6.07, 6.45) is 1.99. The predicted molar refractivity (Wildman–Crippen MR) is 73.3 cm³/mol. The molecule has 18 heavy (non-hydrogen) atoms. The number of carbonyl (C=O) groups is 1. The Morgan fingerprint density at radius 2 is 2.17 bits per heavy atom. The maximum atomic E-state index is 12.6. The van der Waals surface area contributed by atoms with Crippen LogP contribution in [0, 0.1) is 11.2 Å². The normalized spacial score (nSPS) is 13.2. The molecule has 0 aliphatic rings. The Hall–Kier alpha value is -0.970. The van der Waals surface area contributed by atoms with Gasteiger partial charge in [0.2, 0.25) is 0 Å². The third-order valence-electron chi connectivity index (χ3n) is 2.28. The molecule has 0 fully saturated rings. The summed E-state index contributed by atoms with van der Waals surface area (Å²) < 4.78 is 12.6. The Bertz CT molecular complexity index is 400. The van der Waals surface area contributed by atoms with Crippen molar-refractivity contribution in [1.29, 1.82) is 0 Å². The Kier molecular flexibility index (Phi) is 5.26. The van der Waals surface area contributed by atoms with Crippen LogP contribution in [0.3, 0.4) is 0 Å². The summed E-state index contributed by atoms with van der Waals surface area (Å²) in [6, 6.07) is 2.60. The van der Waals surface area contributed by atoms with Crippen molar-refractivity contribution >= 4 is 21.8 Å². The first-order valence-corrected chi connectivity index (χ1v) is 6.73. The summed E-state index contributed by atoms with van der Waals surface area (Å²) in [6.45, 7) is 6.95. The molecule has 0 aliphatic carbocycles. The van der Waals surface area contributed by atoms with E-state index in [9.17, 15) is 9.18 Å². The van der Waals surface area contributed by atoms with Gasteiger partial charge < -0.3 is 5.32 Å². The van der Waals surface area contributed by atoms with Gasteiger partial charge in [-0.05, 0) is 24.0 Å². The third-order valence-corrected chi connectivity index (χ3v) is 2.93. The topological polar surface area (TPSA) is 42.0 Å². The minimum absolute atomic E-state index is 0.201. The first-order chi connectivity index (χ1) is 8.28. The minimum atomic E-state index is -0.447. The molecule has 1 aromatic heterocycles. The van der Waals surface area contributed by atoms with E-state index in [-0.39, 0.29) is 21.8 Å². The number of carbonyl (C=O) groups excluding carboxylic acids is 1. The van der Waals surface area contributed by atoms with E-state index in [0.29, 0.717) is 6.54 Å². The zero-order valence-electron chi connectivity index (χ0n) is 10.8. The Morgan fingerprint density at radius 3 is 2.67 bits per heavy atom. The number of aromatic nitrogens is 1. The van der Waals surface area contributed by atoms with E-state index in [1.807, 2.05) is 0 Å². The number of hydrogen-bond acceptors (Lipinski definition) is 2. The lowest BCUT2D eigenvalue weighted by Crippen LogP contribution is -2.31. The highest BCUT2D eigenvalue weighted by Crippen LogP contribution is 2.24. The molecule has 0 spiro atoms. The van der Waals surface area contributed by atoms with Crippen LogP contribution in [0.4, 0.5) is 4.39 Å². The lowest BCUT2D eigenvalue weighted by molar-refractivity contribution is 0.0947. The quantitative estimate of drug-likeness (QED) is 0.867. The smallest absolute Gasteiger partial charge is 0.269 e. The molecular weight excluding hydrogens is 299 g/mol. The fraction of sp³-hybridized carbons (Fsp3) is 0.538. The highest BCUT2D eigenvalue weighted by atomic mass is 79.9. The van der Waals surface area contributed by atoms with Gasteiger partial charge in [-0.25, -0.2) is 9.37 Å². The van der Waals surface area contributed by atoms with Gasteiger partial charge in [0.1, 0.15) is 11.5 Å². The monoisotopic (exact) mass is 316 g/mol. The second-order valence-corrected chi connectivity index (χ2v) is 6.73. The summed E-state index contributed by atoms with van der Waals surface area (Å²) in [4.78, 5) is 15.6. The van der Waals surface area contributed by atoms with Crippen LogP contribution in [0.5, 0.6) is 0 Å². The number of nitrogens with one attached hydrogen (secondary N) is 1. The van der Waals surface area contributed by atoms with E-state index in [2.05, 4.69) is 47.0 Å². The number of alkyl halides is 1. The molecule has 0 aliphatic heterocycles. The highest BCUT2D eigenvalue weighted by molar-refractivity contribution is 9.09. The van der Waals surface area contributed by atoms with Gasteiger partial charge in [0.15, 0.2) is 0 Å². The van der Waals surface area contributed by atoms with Crippen molar-refractivity contribution in [3.05, 3.63) is 29.8 Å². The van der Waals surface area contributed by atoms with Gasteiger partial charge in [-0.3, -0.25) is 4.79 Å². The maximum absolute atomic E-state index is 12.6. The Labute approximate surface area is 115 Å². The molecule has 0 saturated heterocycles. The van der Waals surface area contributed by atoms with Crippen molar-refractivity contribution in [3.8, 4) is 0 Å². The number of halogens is 2. The van der Waals surface area contributed by atoms with Gasteiger partial charge in [-0.15, -0.1) is 0 Å². The van der Waals surface area contributed by atoms with Crippen molar-refractivity contribution in [2.45, 2.75) is 32.0 Å². The molecule has 1 heterocycles. The van der Waals surface area contributed by atoms with Crippen molar-refractivity contribution < 1.29 is 9.18 Å². The molecule has 1 amide bonds. The van der Waals surface area contributed by atoms with Gasteiger partial charge in [0, 0.05) is 11.4 Å². The number of rotatable bonds is 4. The number of hydrogen-bond donors (Lipinski definition) is 1. The van der Waals surface area contributed by atoms with E-state index < -0.39 is 5.82 Å².